The summed E-state index contributed by atoms with van der Waals surface area (Å²) in [6, 6.07) is 0.379. The molecule has 1 rings (SSSR count). The van der Waals surface area contributed by atoms with Gasteiger partial charge in [0.1, 0.15) is 23.2 Å². The Morgan fingerprint density at radius 3 is 2.53 bits per heavy atom. The van der Waals surface area contributed by atoms with Gasteiger partial charge in [-0.2, -0.15) is 0 Å². The minimum absolute atomic E-state index is 0.245. The minimum Gasteiger partial charge on any atom is -0.480 e. The van der Waals surface area contributed by atoms with Gasteiger partial charge in [0, 0.05) is 11.5 Å². The highest BCUT2D eigenvalue weighted by atomic mass is 32.2. The third-order valence-electron chi connectivity index (χ3n) is 2.36. The molecule has 0 unspecified atom stereocenters. The first-order chi connectivity index (χ1) is 8.51. The molecule has 1 aromatic rings. The first-order valence-electron chi connectivity index (χ1n) is 5.70. The third-order valence-corrected chi connectivity index (χ3v) is 3.75. The largest absolute Gasteiger partial charge is 0.480 e. The number of carboxylic acids is 1. The predicted molar refractivity (Wildman–Crippen MR) is 68.1 cm³/mol. The number of sulfonamides is 1. The molecule has 0 aliphatic rings. The van der Waals surface area contributed by atoms with Gasteiger partial charge in [0.15, 0.2) is 0 Å². The lowest BCUT2D eigenvalue weighted by molar-refractivity contribution is -0.138. The van der Waals surface area contributed by atoms with Crippen molar-refractivity contribution in [3.8, 4) is 0 Å². The molecule has 0 amide bonds. The number of rotatable bonds is 5. The summed E-state index contributed by atoms with van der Waals surface area (Å²) in [4.78, 5) is 10.6. The average Bonchev–Trinajstić information content (AvgIpc) is 2.63. The summed E-state index contributed by atoms with van der Waals surface area (Å²) in [6.45, 7) is 6.99. The highest BCUT2D eigenvalue weighted by Crippen LogP contribution is 2.23. The fourth-order valence-electron chi connectivity index (χ4n) is 1.29. The fourth-order valence-corrected chi connectivity index (χ4v) is 2.54. The van der Waals surface area contributed by atoms with E-state index in [-0.39, 0.29) is 11.1 Å². The van der Waals surface area contributed by atoms with Gasteiger partial charge in [-0.25, -0.2) is 13.1 Å². The number of hydrogen-bond acceptors (Lipinski definition) is 5. The Kier molecular flexibility index (Phi) is 4.36. The fraction of sp³-hybridized carbons (Fsp3) is 0.636. The van der Waals surface area contributed by atoms with E-state index in [2.05, 4.69) is 5.16 Å². The zero-order valence-corrected chi connectivity index (χ0v) is 12.1. The summed E-state index contributed by atoms with van der Waals surface area (Å²) >= 11 is 0. The van der Waals surface area contributed by atoms with Gasteiger partial charge in [-0.15, -0.1) is 0 Å². The standard InChI is InChI=1S/C11H18N2O5S/c1-7(10(14)15)13-19(16,17)6-8-5-9(18-12-8)11(2,3)4/h5,7,13H,6H2,1-4H3,(H,14,15)/t7-/m1/s1. The zero-order chi connectivity index (χ0) is 14.8. The Hall–Kier alpha value is -1.41. The quantitative estimate of drug-likeness (QED) is 0.832. The van der Waals surface area contributed by atoms with Crippen LogP contribution in [0.3, 0.4) is 0 Å². The lowest BCUT2D eigenvalue weighted by Crippen LogP contribution is -2.38. The van der Waals surface area contributed by atoms with Gasteiger partial charge in [-0.1, -0.05) is 25.9 Å². The van der Waals surface area contributed by atoms with Crippen molar-refractivity contribution < 1.29 is 22.8 Å². The molecule has 0 aliphatic heterocycles. The van der Waals surface area contributed by atoms with E-state index in [1.54, 1.807) is 6.07 Å². The average molecular weight is 290 g/mol. The van der Waals surface area contributed by atoms with E-state index in [4.69, 9.17) is 9.63 Å². The van der Waals surface area contributed by atoms with Crippen molar-refractivity contribution in [2.45, 2.75) is 44.9 Å². The molecule has 0 fully saturated rings. The molecule has 1 atom stereocenters. The maximum atomic E-state index is 11.7. The lowest BCUT2D eigenvalue weighted by atomic mass is 9.93. The highest BCUT2D eigenvalue weighted by Gasteiger charge is 2.24. The van der Waals surface area contributed by atoms with Gasteiger partial charge in [-0.3, -0.25) is 4.79 Å². The lowest BCUT2D eigenvalue weighted by Gasteiger charge is -2.12. The van der Waals surface area contributed by atoms with Crippen LogP contribution in [0.1, 0.15) is 39.1 Å². The Bertz CT molecular complexity index is 556. The molecule has 0 aromatic carbocycles. The second kappa shape index (κ2) is 5.30. The monoisotopic (exact) mass is 290 g/mol. The third kappa shape index (κ3) is 4.64. The van der Waals surface area contributed by atoms with Crippen molar-refractivity contribution in [3.63, 3.8) is 0 Å². The molecule has 8 heteroatoms. The van der Waals surface area contributed by atoms with Gasteiger partial charge < -0.3 is 9.63 Å². The molecule has 7 nitrogen and oxygen atoms in total. The van der Waals surface area contributed by atoms with Crippen LogP contribution in [0.5, 0.6) is 0 Å². The molecule has 1 aromatic heterocycles. The van der Waals surface area contributed by atoms with Crippen molar-refractivity contribution >= 4 is 16.0 Å². The van der Waals surface area contributed by atoms with Crippen LogP contribution < -0.4 is 4.72 Å². The maximum absolute atomic E-state index is 11.7. The van der Waals surface area contributed by atoms with Crippen molar-refractivity contribution in [2.24, 2.45) is 0 Å². The van der Waals surface area contributed by atoms with Crippen LogP contribution in [-0.4, -0.2) is 30.7 Å². The van der Waals surface area contributed by atoms with E-state index >= 15 is 0 Å². The molecule has 19 heavy (non-hydrogen) atoms. The van der Waals surface area contributed by atoms with E-state index < -0.39 is 27.8 Å². The Morgan fingerprint density at radius 1 is 1.53 bits per heavy atom. The van der Waals surface area contributed by atoms with Crippen LogP contribution in [0, 0.1) is 0 Å². The number of carbonyl (C=O) groups is 1. The molecule has 0 bridgehead atoms. The molecule has 1 heterocycles. The molecule has 0 saturated carbocycles. The summed E-state index contributed by atoms with van der Waals surface area (Å²) in [5.41, 5.74) is -0.0217. The highest BCUT2D eigenvalue weighted by molar-refractivity contribution is 7.88. The van der Waals surface area contributed by atoms with E-state index in [0.717, 1.165) is 0 Å². The van der Waals surface area contributed by atoms with Gasteiger partial charge in [0.2, 0.25) is 10.0 Å². The number of nitrogens with zero attached hydrogens (tertiary/aromatic N) is 1. The van der Waals surface area contributed by atoms with E-state index in [1.807, 2.05) is 25.5 Å². The molecule has 0 radical (unpaired) electrons. The van der Waals surface area contributed by atoms with Crippen molar-refractivity contribution in [2.75, 3.05) is 0 Å². The number of carboxylic acid groups (broad SMARTS) is 1. The van der Waals surface area contributed by atoms with E-state index in [9.17, 15) is 13.2 Å². The molecule has 0 spiro atoms. The van der Waals surface area contributed by atoms with Crippen LogP contribution in [0.2, 0.25) is 0 Å². The summed E-state index contributed by atoms with van der Waals surface area (Å²) in [5.74, 6) is -1.08. The smallest absolute Gasteiger partial charge is 0.321 e. The zero-order valence-electron chi connectivity index (χ0n) is 11.3. The second-order valence-electron chi connectivity index (χ2n) is 5.37. The van der Waals surface area contributed by atoms with E-state index in [1.165, 1.54) is 6.92 Å². The predicted octanol–water partition coefficient (Wildman–Crippen LogP) is 0.865. The van der Waals surface area contributed by atoms with Crippen LogP contribution >= 0.6 is 0 Å². The van der Waals surface area contributed by atoms with Gasteiger partial charge in [0.05, 0.1) is 0 Å². The second-order valence-corrected chi connectivity index (χ2v) is 7.12. The molecule has 0 saturated heterocycles. The van der Waals surface area contributed by atoms with Gasteiger partial charge >= 0.3 is 5.97 Å². The van der Waals surface area contributed by atoms with Crippen LogP contribution in [0.15, 0.2) is 10.6 Å². The van der Waals surface area contributed by atoms with E-state index in [0.29, 0.717) is 5.76 Å². The van der Waals surface area contributed by atoms with Crippen molar-refractivity contribution in [1.29, 1.82) is 0 Å². The molecule has 2 N–H and O–H groups in total. The Balaban J connectivity index is 2.79. The SMILES string of the molecule is C[C@@H](NS(=O)(=O)Cc1cc(C(C)(C)C)on1)C(=O)O. The molecular formula is C11H18N2O5S. The first-order valence-corrected chi connectivity index (χ1v) is 7.35. The molecule has 0 aliphatic carbocycles. The van der Waals surface area contributed by atoms with Gasteiger partial charge in [-0.05, 0) is 6.92 Å². The summed E-state index contributed by atoms with van der Waals surface area (Å²) in [5, 5.41) is 12.3. The van der Waals surface area contributed by atoms with Crippen LogP contribution in [0.25, 0.3) is 0 Å². The minimum atomic E-state index is -3.76. The Labute approximate surface area is 112 Å². The number of aliphatic carboxylic acids is 1. The molecular weight excluding hydrogens is 272 g/mol. The number of nitrogens with one attached hydrogen (secondary N) is 1. The summed E-state index contributed by atoms with van der Waals surface area (Å²) < 4.78 is 30.5. The molecule has 108 valence electrons. The number of aromatic nitrogens is 1. The number of hydrogen-bond donors (Lipinski definition) is 2. The maximum Gasteiger partial charge on any atom is 0.321 e. The van der Waals surface area contributed by atoms with Crippen molar-refractivity contribution in [3.05, 3.63) is 17.5 Å². The van der Waals surface area contributed by atoms with Gasteiger partial charge in [0.25, 0.3) is 0 Å². The first kappa shape index (κ1) is 15.6. The van der Waals surface area contributed by atoms with Crippen LogP contribution in [0.4, 0.5) is 0 Å². The summed E-state index contributed by atoms with van der Waals surface area (Å²) in [7, 11) is -3.76. The summed E-state index contributed by atoms with van der Waals surface area (Å²) in [6.07, 6.45) is 0. The topological polar surface area (TPSA) is 110 Å². The van der Waals surface area contributed by atoms with Crippen LogP contribution in [-0.2, 0) is 26.0 Å². The van der Waals surface area contributed by atoms with Crippen molar-refractivity contribution in [1.82, 2.24) is 9.88 Å². The normalized spacial score (nSPS) is 14.3. The Morgan fingerprint density at radius 2 is 2.11 bits per heavy atom.